The lowest BCUT2D eigenvalue weighted by Gasteiger charge is -2.34. The molecule has 0 saturated heterocycles. The average molecular weight is 322 g/mol. The highest BCUT2D eigenvalue weighted by atomic mass is 16.5. The second kappa shape index (κ2) is 8.31. The van der Waals surface area contributed by atoms with E-state index in [1.165, 1.54) is 32.1 Å². The SMILES string of the molecule is CC(C)c1noc(CCNC(=O)N(C)[C@@H](C)C2CCCCC2)n1. The fraction of sp³-hybridized carbons (Fsp3) is 0.824. The van der Waals surface area contributed by atoms with Crippen molar-refractivity contribution in [1.82, 2.24) is 20.4 Å². The van der Waals surface area contributed by atoms with Gasteiger partial charge in [-0.1, -0.05) is 38.3 Å². The minimum Gasteiger partial charge on any atom is -0.339 e. The molecule has 130 valence electrons. The zero-order valence-electron chi connectivity index (χ0n) is 14.8. The van der Waals surface area contributed by atoms with E-state index in [4.69, 9.17) is 4.52 Å². The molecule has 23 heavy (non-hydrogen) atoms. The maximum absolute atomic E-state index is 12.3. The van der Waals surface area contributed by atoms with Gasteiger partial charge in [0.05, 0.1) is 0 Å². The lowest BCUT2D eigenvalue weighted by molar-refractivity contribution is 0.156. The summed E-state index contributed by atoms with van der Waals surface area (Å²) in [5.41, 5.74) is 0. The molecule has 1 fully saturated rings. The molecular weight excluding hydrogens is 292 g/mol. The van der Waals surface area contributed by atoms with Crippen molar-refractivity contribution in [3.8, 4) is 0 Å². The van der Waals surface area contributed by atoms with Gasteiger partial charge in [-0.3, -0.25) is 0 Å². The maximum Gasteiger partial charge on any atom is 0.317 e. The number of hydrogen-bond donors (Lipinski definition) is 1. The van der Waals surface area contributed by atoms with Crippen LogP contribution in [-0.2, 0) is 6.42 Å². The molecule has 6 nitrogen and oxygen atoms in total. The van der Waals surface area contributed by atoms with E-state index in [9.17, 15) is 4.79 Å². The van der Waals surface area contributed by atoms with Crippen LogP contribution in [0.25, 0.3) is 0 Å². The maximum atomic E-state index is 12.3. The molecule has 1 saturated carbocycles. The highest BCUT2D eigenvalue weighted by molar-refractivity contribution is 5.74. The molecule has 0 aliphatic heterocycles. The Labute approximate surface area is 139 Å². The molecule has 2 amide bonds. The van der Waals surface area contributed by atoms with Gasteiger partial charge in [0, 0.05) is 32.0 Å². The van der Waals surface area contributed by atoms with Crippen LogP contribution in [0.15, 0.2) is 4.52 Å². The summed E-state index contributed by atoms with van der Waals surface area (Å²) in [7, 11) is 1.89. The summed E-state index contributed by atoms with van der Waals surface area (Å²) in [6.45, 7) is 6.72. The van der Waals surface area contributed by atoms with Crippen LogP contribution in [0.3, 0.4) is 0 Å². The molecule has 0 aromatic carbocycles. The number of nitrogens with zero attached hydrogens (tertiary/aromatic N) is 3. The molecule has 0 bridgehead atoms. The Morgan fingerprint density at radius 1 is 1.30 bits per heavy atom. The number of hydrogen-bond acceptors (Lipinski definition) is 4. The predicted molar refractivity (Wildman–Crippen MR) is 89.3 cm³/mol. The third kappa shape index (κ3) is 4.94. The standard InChI is InChI=1S/C17H30N4O2/c1-12(2)16-19-15(23-20-16)10-11-18-17(22)21(4)13(3)14-8-6-5-7-9-14/h12-14H,5-11H2,1-4H3,(H,18,22)/t13-/m0/s1. The van der Waals surface area contributed by atoms with Gasteiger partial charge in [-0.05, 0) is 25.7 Å². The second-order valence-corrected chi connectivity index (χ2v) is 6.93. The normalized spacial score (nSPS) is 17.3. The molecule has 2 rings (SSSR count). The summed E-state index contributed by atoms with van der Waals surface area (Å²) in [6.07, 6.45) is 6.95. The summed E-state index contributed by atoms with van der Waals surface area (Å²) in [5.74, 6) is 2.18. The topological polar surface area (TPSA) is 71.3 Å². The van der Waals surface area contributed by atoms with Gasteiger partial charge in [-0.25, -0.2) is 4.79 Å². The van der Waals surface area contributed by atoms with Crippen molar-refractivity contribution in [2.24, 2.45) is 5.92 Å². The minimum absolute atomic E-state index is 0.0216. The van der Waals surface area contributed by atoms with Gasteiger partial charge in [0.15, 0.2) is 5.82 Å². The van der Waals surface area contributed by atoms with Gasteiger partial charge in [0.2, 0.25) is 5.89 Å². The van der Waals surface area contributed by atoms with Crippen molar-refractivity contribution in [3.63, 3.8) is 0 Å². The Kier molecular flexibility index (Phi) is 6.42. The van der Waals surface area contributed by atoms with E-state index >= 15 is 0 Å². The van der Waals surface area contributed by atoms with Gasteiger partial charge in [-0.2, -0.15) is 4.98 Å². The zero-order valence-corrected chi connectivity index (χ0v) is 14.8. The molecule has 6 heteroatoms. The Balaban J connectivity index is 1.74. The molecule has 1 aromatic rings. The fourth-order valence-electron chi connectivity index (χ4n) is 3.12. The first kappa shape index (κ1) is 17.8. The fourth-order valence-corrected chi connectivity index (χ4v) is 3.12. The quantitative estimate of drug-likeness (QED) is 0.872. The van der Waals surface area contributed by atoms with Crippen LogP contribution < -0.4 is 5.32 Å². The van der Waals surface area contributed by atoms with E-state index < -0.39 is 0 Å². The van der Waals surface area contributed by atoms with E-state index in [-0.39, 0.29) is 18.0 Å². The first-order valence-electron chi connectivity index (χ1n) is 8.82. The summed E-state index contributed by atoms with van der Waals surface area (Å²) in [6, 6.07) is 0.262. The third-order valence-electron chi connectivity index (χ3n) is 4.88. The van der Waals surface area contributed by atoms with Crippen molar-refractivity contribution in [1.29, 1.82) is 0 Å². The number of urea groups is 1. The van der Waals surface area contributed by atoms with Gasteiger partial charge in [0.1, 0.15) is 0 Å². The van der Waals surface area contributed by atoms with E-state index in [2.05, 4.69) is 22.4 Å². The van der Waals surface area contributed by atoms with Crippen molar-refractivity contribution in [3.05, 3.63) is 11.7 Å². The Morgan fingerprint density at radius 2 is 2.00 bits per heavy atom. The highest BCUT2D eigenvalue weighted by Gasteiger charge is 2.25. The van der Waals surface area contributed by atoms with Crippen molar-refractivity contribution >= 4 is 6.03 Å². The van der Waals surface area contributed by atoms with Gasteiger partial charge in [0.25, 0.3) is 0 Å². The number of nitrogens with one attached hydrogen (secondary N) is 1. The summed E-state index contributed by atoms with van der Waals surface area (Å²) < 4.78 is 5.18. The van der Waals surface area contributed by atoms with E-state index in [1.54, 1.807) is 0 Å². The number of carbonyl (C=O) groups excluding carboxylic acids is 1. The predicted octanol–water partition coefficient (Wildman–Crippen LogP) is 3.35. The van der Waals surface area contributed by atoms with Crippen LogP contribution in [0.1, 0.15) is 70.5 Å². The lowest BCUT2D eigenvalue weighted by Crippen LogP contribution is -2.46. The highest BCUT2D eigenvalue weighted by Crippen LogP contribution is 2.28. The van der Waals surface area contributed by atoms with Crippen LogP contribution in [-0.4, -0.2) is 40.7 Å². The molecule has 1 aliphatic rings. The molecular formula is C17H30N4O2. The monoisotopic (exact) mass is 322 g/mol. The van der Waals surface area contributed by atoms with Crippen LogP contribution in [0, 0.1) is 5.92 Å². The molecule has 1 atom stereocenters. The number of rotatable bonds is 6. The van der Waals surface area contributed by atoms with Gasteiger partial charge in [-0.15, -0.1) is 0 Å². The average Bonchev–Trinajstić information content (AvgIpc) is 3.03. The summed E-state index contributed by atoms with van der Waals surface area (Å²) >= 11 is 0. The van der Waals surface area contributed by atoms with E-state index in [0.29, 0.717) is 24.8 Å². The van der Waals surface area contributed by atoms with Crippen molar-refractivity contribution in [2.75, 3.05) is 13.6 Å². The van der Waals surface area contributed by atoms with E-state index in [1.807, 2.05) is 25.8 Å². The smallest absolute Gasteiger partial charge is 0.317 e. The molecule has 0 spiro atoms. The second-order valence-electron chi connectivity index (χ2n) is 6.93. The van der Waals surface area contributed by atoms with Crippen molar-refractivity contribution < 1.29 is 9.32 Å². The molecule has 1 aliphatic carbocycles. The van der Waals surface area contributed by atoms with Crippen LogP contribution in [0.5, 0.6) is 0 Å². The summed E-state index contributed by atoms with van der Waals surface area (Å²) in [4.78, 5) is 18.4. The Bertz CT molecular complexity index is 495. The number of carbonyl (C=O) groups is 1. The third-order valence-corrected chi connectivity index (χ3v) is 4.88. The Hall–Kier alpha value is -1.59. The number of aromatic nitrogens is 2. The van der Waals surface area contributed by atoms with Gasteiger partial charge >= 0.3 is 6.03 Å². The van der Waals surface area contributed by atoms with Crippen LogP contribution in [0.4, 0.5) is 4.79 Å². The molecule has 1 N–H and O–H groups in total. The molecule has 0 radical (unpaired) electrons. The Morgan fingerprint density at radius 3 is 2.61 bits per heavy atom. The summed E-state index contributed by atoms with van der Waals surface area (Å²) in [5, 5.41) is 6.88. The van der Waals surface area contributed by atoms with Gasteiger partial charge < -0.3 is 14.7 Å². The van der Waals surface area contributed by atoms with Crippen molar-refractivity contribution in [2.45, 2.75) is 71.3 Å². The number of amides is 2. The van der Waals surface area contributed by atoms with Crippen LogP contribution >= 0.6 is 0 Å². The first-order valence-corrected chi connectivity index (χ1v) is 8.82. The lowest BCUT2D eigenvalue weighted by atomic mass is 9.84. The zero-order chi connectivity index (χ0) is 16.8. The molecule has 1 aromatic heterocycles. The first-order chi connectivity index (χ1) is 11.0. The molecule has 0 unspecified atom stereocenters. The van der Waals surface area contributed by atoms with E-state index in [0.717, 1.165) is 5.82 Å². The largest absolute Gasteiger partial charge is 0.339 e. The molecule has 1 heterocycles. The van der Waals surface area contributed by atoms with Crippen LogP contribution in [0.2, 0.25) is 0 Å². The minimum atomic E-state index is -0.0216.